The number of halogens is 1. The van der Waals surface area contributed by atoms with E-state index in [1.54, 1.807) is 11.3 Å². The monoisotopic (exact) mass is 496 g/mol. The Kier molecular flexibility index (Phi) is 8.73. The molecule has 0 radical (unpaired) electrons. The molecule has 0 aliphatic carbocycles. The van der Waals surface area contributed by atoms with Gasteiger partial charge in [-0.3, -0.25) is 0 Å². The summed E-state index contributed by atoms with van der Waals surface area (Å²) in [6.07, 6.45) is 2.73. The second kappa shape index (κ2) is 11.0. The van der Waals surface area contributed by atoms with Crippen LogP contribution < -0.4 is 10.6 Å². The number of guanidine groups is 1. The van der Waals surface area contributed by atoms with Crippen LogP contribution in [0, 0.1) is 6.92 Å². The highest BCUT2D eigenvalue weighted by Crippen LogP contribution is 2.16. The van der Waals surface area contributed by atoms with E-state index in [9.17, 15) is 0 Å². The summed E-state index contributed by atoms with van der Waals surface area (Å²) < 4.78 is 0. The molecule has 0 spiro atoms. The standard InChI is InChI=1S/C19H24N6S.HI/c1-3-20-19(21-10-9-16-13-26-14(2)24-16)23-12-18-22-11-17(25-18)15-7-5-4-6-8-15;/h4-8,11,13H,3,9-10,12H2,1-2H3,(H,22,25)(H2,20,21,23);1H. The maximum Gasteiger partial charge on any atom is 0.191 e. The lowest BCUT2D eigenvalue weighted by atomic mass is 10.2. The summed E-state index contributed by atoms with van der Waals surface area (Å²) in [7, 11) is 0. The van der Waals surface area contributed by atoms with Crippen LogP contribution in [-0.2, 0) is 13.0 Å². The van der Waals surface area contributed by atoms with Gasteiger partial charge in [0.2, 0.25) is 0 Å². The SMILES string of the molecule is CCNC(=NCc1ncc(-c2ccccc2)[nH]1)NCCc1csc(C)n1.I. The van der Waals surface area contributed by atoms with E-state index in [2.05, 4.69) is 55.0 Å². The molecule has 3 N–H and O–H groups in total. The molecular formula is C19H25IN6S. The zero-order chi connectivity index (χ0) is 18.2. The van der Waals surface area contributed by atoms with Crippen LogP contribution in [0.15, 0.2) is 46.9 Å². The molecule has 0 unspecified atom stereocenters. The second-order valence-electron chi connectivity index (χ2n) is 5.84. The Bertz CT molecular complexity index is 843. The topological polar surface area (TPSA) is 78.0 Å². The molecule has 2 heterocycles. The first kappa shape index (κ1) is 21.4. The molecule has 0 saturated carbocycles. The molecule has 2 aromatic heterocycles. The van der Waals surface area contributed by atoms with Crippen molar-refractivity contribution in [2.75, 3.05) is 13.1 Å². The number of rotatable bonds is 7. The van der Waals surface area contributed by atoms with E-state index in [1.807, 2.05) is 31.3 Å². The molecule has 0 aliphatic heterocycles. The Morgan fingerprint density at radius 2 is 2.04 bits per heavy atom. The van der Waals surface area contributed by atoms with Gasteiger partial charge in [0.15, 0.2) is 5.96 Å². The van der Waals surface area contributed by atoms with Gasteiger partial charge >= 0.3 is 0 Å². The molecule has 27 heavy (non-hydrogen) atoms. The van der Waals surface area contributed by atoms with E-state index in [4.69, 9.17) is 0 Å². The van der Waals surface area contributed by atoms with Crippen LogP contribution in [-0.4, -0.2) is 34.0 Å². The smallest absolute Gasteiger partial charge is 0.191 e. The number of hydrogen-bond donors (Lipinski definition) is 3. The Morgan fingerprint density at radius 1 is 1.22 bits per heavy atom. The summed E-state index contributed by atoms with van der Waals surface area (Å²) in [6, 6.07) is 10.2. The molecule has 0 bridgehead atoms. The predicted molar refractivity (Wildman–Crippen MR) is 123 cm³/mol. The van der Waals surface area contributed by atoms with Crippen molar-refractivity contribution < 1.29 is 0 Å². The van der Waals surface area contributed by atoms with Crippen molar-refractivity contribution in [3.8, 4) is 11.3 Å². The van der Waals surface area contributed by atoms with Gasteiger partial charge in [-0.1, -0.05) is 30.3 Å². The third-order valence-corrected chi connectivity index (χ3v) is 4.61. The quantitative estimate of drug-likeness (QED) is 0.265. The second-order valence-corrected chi connectivity index (χ2v) is 6.90. The number of benzene rings is 1. The summed E-state index contributed by atoms with van der Waals surface area (Å²) in [5.74, 6) is 1.63. The molecule has 0 aliphatic rings. The van der Waals surface area contributed by atoms with Crippen molar-refractivity contribution in [3.63, 3.8) is 0 Å². The third-order valence-electron chi connectivity index (χ3n) is 3.78. The van der Waals surface area contributed by atoms with Gasteiger partial charge in [0, 0.05) is 24.9 Å². The number of aliphatic imine (C=N–C) groups is 1. The minimum atomic E-state index is 0. The fourth-order valence-corrected chi connectivity index (χ4v) is 3.18. The van der Waals surface area contributed by atoms with E-state index in [1.165, 1.54) is 0 Å². The maximum atomic E-state index is 4.61. The van der Waals surface area contributed by atoms with E-state index < -0.39 is 0 Å². The molecule has 0 atom stereocenters. The number of H-pyrrole nitrogens is 1. The molecule has 0 fully saturated rings. The lowest BCUT2D eigenvalue weighted by molar-refractivity contribution is 0.785. The van der Waals surface area contributed by atoms with Crippen molar-refractivity contribution in [1.82, 2.24) is 25.6 Å². The van der Waals surface area contributed by atoms with Gasteiger partial charge in [0.25, 0.3) is 0 Å². The maximum absolute atomic E-state index is 4.61. The Balaban J connectivity index is 0.00000261. The fourth-order valence-electron chi connectivity index (χ4n) is 2.53. The largest absolute Gasteiger partial charge is 0.357 e. The number of nitrogens with one attached hydrogen (secondary N) is 3. The average Bonchev–Trinajstić information content (AvgIpc) is 3.29. The minimum Gasteiger partial charge on any atom is -0.357 e. The van der Waals surface area contributed by atoms with Gasteiger partial charge in [0.1, 0.15) is 12.4 Å². The predicted octanol–water partition coefficient (Wildman–Crippen LogP) is 3.76. The lowest BCUT2D eigenvalue weighted by Gasteiger charge is -2.10. The highest BCUT2D eigenvalue weighted by Gasteiger charge is 2.04. The van der Waals surface area contributed by atoms with Gasteiger partial charge in [0.05, 0.1) is 22.6 Å². The normalized spacial score (nSPS) is 11.1. The van der Waals surface area contributed by atoms with Crippen LogP contribution in [0.25, 0.3) is 11.3 Å². The first-order valence-electron chi connectivity index (χ1n) is 8.77. The highest BCUT2D eigenvalue weighted by atomic mass is 127. The molecular weight excluding hydrogens is 471 g/mol. The molecule has 3 aromatic rings. The van der Waals surface area contributed by atoms with Crippen molar-refractivity contribution >= 4 is 41.3 Å². The Morgan fingerprint density at radius 3 is 2.74 bits per heavy atom. The van der Waals surface area contributed by atoms with Crippen LogP contribution in [0.5, 0.6) is 0 Å². The van der Waals surface area contributed by atoms with Gasteiger partial charge in [-0.2, -0.15) is 0 Å². The number of thiazole rings is 1. The minimum absolute atomic E-state index is 0. The van der Waals surface area contributed by atoms with Crippen LogP contribution >= 0.6 is 35.3 Å². The number of aryl methyl sites for hydroxylation is 1. The molecule has 8 heteroatoms. The zero-order valence-corrected chi connectivity index (χ0v) is 18.7. The van der Waals surface area contributed by atoms with Crippen molar-refractivity contribution in [1.29, 1.82) is 0 Å². The van der Waals surface area contributed by atoms with Crippen LogP contribution in [0.3, 0.4) is 0 Å². The summed E-state index contributed by atoms with van der Waals surface area (Å²) in [5.41, 5.74) is 3.25. The first-order chi connectivity index (χ1) is 12.7. The van der Waals surface area contributed by atoms with Gasteiger partial charge in [-0.15, -0.1) is 35.3 Å². The zero-order valence-electron chi connectivity index (χ0n) is 15.5. The molecule has 0 amide bonds. The molecule has 3 rings (SSSR count). The van der Waals surface area contributed by atoms with Crippen LogP contribution in [0.1, 0.15) is 23.4 Å². The third kappa shape index (κ3) is 6.62. The van der Waals surface area contributed by atoms with E-state index in [0.29, 0.717) is 6.54 Å². The summed E-state index contributed by atoms with van der Waals surface area (Å²) in [4.78, 5) is 16.8. The van der Waals surface area contributed by atoms with Crippen molar-refractivity contribution in [3.05, 3.63) is 58.4 Å². The van der Waals surface area contributed by atoms with Crippen LogP contribution in [0.4, 0.5) is 0 Å². The average molecular weight is 496 g/mol. The lowest BCUT2D eigenvalue weighted by Crippen LogP contribution is -2.38. The number of aromatic amines is 1. The van der Waals surface area contributed by atoms with Crippen molar-refractivity contribution in [2.45, 2.75) is 26.8 Å². The first-order valence-corrected chi connectivity index (χ1v) is 9.65. The van der Waals surface area contributed by atoms with Crippen LogP contribution in [0.2, 0.25) is 0 Å². The molecule has 1 aromatic carbocycles. The highest BCUT2D eigenvalue weighted by molar-refractivity contribution is 14.0. The molecule has 0 saturated heterocycles. The van der Waals surface area contributed by atoms with Crippen molar-refractivity contribution in [2.24, 2.45) is 4.99 Å². The number of hydrogen-bond acceptors (Lipinski definition) is 4. The Hall–Kier alpha value is -1.94. The fraction of sp³-hybridized carbons (Fsp3) is 0.316. The number of nitrogens with zero attached hydrogens (tertiary/aromatic N) is 3. The number of imidazole rings is 1. The van der Waals surface area contributed by atoms with E-state index in [0.717, 1.165) is 53.3 Å². The summed E-state index contributed by atoms with van der Waals surface area (Å²) >= 11 is 1.68. The molecule has 144 valence electrons. The summed E-state index contributed by atoms with van der Waals surface area (Å²) in [5, 5.41) is 9.82. The van der Waals surface area contributed by atoms with Gasteiger partial charge in [-0.25, -0.2) is 15.0 Å². The van der Waals surface area contributed by atoms with E-state index in [-0.39, 0.29) is 24.0 Å². The number of aromatic nitrogens is 3. The summed E-state index contributed by atoms with van der Waals surface area (Å²) in [6.45, 7) is 6.19. The van der Waals surface area contributed by atoms with Gasteiger partial charge in [-0.05, 0) is 19.4 Å². The van der Waals surface area contributed by atoms with E-state index >= 15 is 0 Å². The van der Waals surface area contributed by atoms with Gasteiger partial charge < -0.3 is 15.6 Å². The Labute approximate surface area is 181 Å². The molecule has 6 nitrogen and oxygen atoms in total.